The summed E-state index contributed by atoms with van der Waals surface area (Å²) in [5, 5.41) is 0. The first-order valence-electron chi connectivity index (χ1n) is 9.72. The van der Waals surface area contributed by atoms with E-state index in [-0.39, 0.29) is 22.6 Å². The third kappa shape index (κ3) is 4.25. The van der Waals surface area contributed by atoms with Gasteiger partial charge in [0.25, 0.3) is 11.8 Å². The number of amides is 2. The highest BCUT2D eigenvalue weighted by atomic mass is 16.2. The summed E-state index contributed by atoms with van der Waals surface area (Å²) in [7, 11) is 0. The molecule has 2 saturated heterocycles. The van der Waals surface area contributed by atoms with Gasteiger partial charge in [-0.1, -0.05) is 27.7 Å². The van der Waals surface area contributed by atoms with Gasteiger partial charge in [-0.05, 0) is 48.6 Å². The van der Waals surface area contributed by atoms with Crippen LogP contribution in [0.3, 0.4) is 0 Å². The van der Waals surface area contributed by atoms with Gasteiger partial charge in [0.1, 0.15) is 5.69 Å². The average Bonchev–Trinajstić information content (AvgIpc) is 2.59. The van der Waals surface area contributed by atoms with E-state index in [1.807, 2.05) is 9.80 Å². The monoisotopic (exact) mass is 357 g/mol. The Bertz CT molecular complexity index is 641. The molecule has 1 aromatic heterocycles. The van der Waals surface area contributed by atoms with E-state index in [1.54, 1.807) is 18.3 Å². The van der Waals surface area contributed by atoms with Crippen molar-refractivity contribution in [2.75, 3.05) is 26.2 Å². The minimum atomic E-state index is -0.0635. The Balaban J connectivity index is 1.75. The maximum atomic E-state index is 12.9. The lowest BCUT2D eigenvalue weighted by molar-refractivity contribution is 0.0574. The van der Waals surface area contributed by atoms with Crippen molar-refractivity contribution in [3.63, 3.8) is 0 Å². The van der Waals surface area contributed by atoms with E-state index in [0.717, 1.165) is 51.9 Å². The SMILES string of the molecule is CC1(C)CCCN(C(=O)c2ccnc(C(=O)N3CCCC(C)(C)C3)c2)C1. The minimum absolute atomic E-state index is 0.00759. The van der Waals surface area contributed by atoms with Gasteiger partial charge in [-0.15, -0.1) is 0 Å². The summed E-state index contributed by atoms with van der Waals surface area (Å²) >= 11 is 0. The fourth-order valence-electron chi connectivity index (χ4n) is 4.22. The predicted octanol–water partition coefficient (Wildman–Crippen LogP) is 3.61. The molecule has 0 atom stereocenters. The van der Waals surface area contributed by atoms with Crippen LogP contribution in [0, 0.1) is 10.8 Å². The molecule has 0 bridgehead atoms. The van der Waals surface area contributed by atoms with Crippen LogP contribution in [-0.4, -0.2) is 52.8 Å². The highest BCUT2D eigenvalue weighted by Crippen LogP contribution is 2.30. The van der Waals surface area contributed by atoms with Crippen LogP contribution in [0.1, 0.15) is 74.2 Å². The zero-order valence-corrected chi connectivity index (χ0v) is 16.5. The molecule has 142 valence electrons. The molecule has 0 unspecified atom stereocenters. The van der Waals surface area contributed by atoms with E-state index in [1.165, 1.54) is 0 Å². The Hall–Kier alpha value is -1.91. The Morgan fingerprint density at radius 2 is 1.46 bits per heavy atom. The molecular formula is C21H31N3O2. The number of likely N-dealkylation sites (tertiary alicyclic amines) is 2. The van der Waals surface area contributed by atoms with Gasteiger partial charge in [0.2, 0.25) is 0 Å². The van der Waals surface area contributed by atoms with Crippen LogP contribution in [0.25, 0.3) is 0 Å². The largest absolute Gasteiger partial charge is 0.338 e. The van der Waals surface area contributed by atoms with Crippen LogP contribution in [-0.2, 0) is 0 Å². The number of carbonyl (C=O) groups is 2. The summed E-state index contributed by atoms with van der Waals surface area (Å²) in [5.74, 6) is -0.0559. The van der Waals surface area contributed by atoms with E-state index in [9.17, 15) is 9.59 Å². The van der Waals surface area contributed by atoms with Gasteiger partial charge in [-0.3, -0.25) is 14.6 Å². The lowest BCUT2D eigenvalue weighted by Crippen LogP contribution is -2.44. The second-order valence-electron chi connectivity index (χ2n) is 9.42. The van der Waals surface area contributed by atoms with Gasteiger partial charge in [0.15, 0.2) is 0 Å². The summed E-state index contributed by atoms with van der Waals surface area (Å²) in [6.07, 6.45) is 5.90. The first kappa shape index (κ1) is 18.9. The molecule has 0 N–H and O–H groups in total. The summed E-state index contributed by atoms with van der Waals surface area (Å²) in [4.78, 5) is 33.8. The highest BCUT2D eigenvalue weighted by Gasteiger charge is 2.32. The molecular weight excluding hydrogens is 326 g/mol. The molecule has 0 saturated carbocycles. The van der Waals surface area contributed by atoms with Crippen molar-refractivity contribution in [3.05, 3.63) is 29.6 Å². The quantitative estimate of drug-likeness (QED) is 0.812. The highest BCUT2D eigenvalue weighted by molar-refractivity contribution is 5.98. The second kappa shape index (κ2) is 7.01. The molecule has 2 aliphatic rings. The standard InChI is InChI=1S/C21H31N3O2/c1-20(2)8-5-11-23(14-20)18(25)16-7-10-22-17(13-16)19(26)24-12-6-9-21(3,4)15-24/h7,10,13H,5-6,8-9,11-12,14-15H2,1-4H3. The molecule has 26 heavy (non-hydrogen) atoms. The topological polar surface area (TPSA) is 53.5 Å². The number of pyridine rings is 1. The zero-order valence-electron chi connectivity index (χ0n) is 16.5. The third-order valence-electron chi connectivity index (χ3n) is 5.60. The molecule has 2 aliphatic heterocycles. The number of hydrogen-bond acceptors (Lipinski definition) is 3. The van der Waals surface area contributed by atoms with Crippen molar-refractivity contribution in [2.45, 2.75) is 53.4 Å². The van der Waals surface area contributed by atoms with E-state index < -0.39 is 0 Å². The molecule has 0 aromatic carbocycles. The fraction of sp³-hybridized carbons (Fsp3) is 0.667. The van der Waals surface area contributed by atoms with Gasteiger partial charge in [-0.25, -0.2) is 0 Å². The molecule has 3 heterocycles. The van der Waals surface area contributed by atoms with Crippen molar-refractivity contribution in [3.8, 4) is 0 Å². The number of aromatic nitrogens is 1. The van der Waals surface area contributed by atoms with Crippen LogP contribution in [0.5, 0.6) is 0 Å². The molecule has 2 fully saturated rings. The molecule has 5 nitrogen and oxygen atoms in total. The molecule has 2 amide bonds. The Kier molecular flexibility index (Phi) is 5.09. The second-order valence-corrected chi connectivity index (χ2v) is 9.42. The van der Waals surface area contributed by atoms with Crippen LogP contribution >= 0.6 is 0 Å². The van der Waals surface area contributed by atoms with Crippen LogP contribution in [0.2, 0.25) is 0 Å². The van der Waals surface area contributed by atoms with Gasteiger partial charge < -0.3 is 9.80 Å². The zero-order chi connectivity index (χ0) is 18.9. The Morgan fingerprint density at radius 3 is 2.00 bits per heavy atom. The van der Waals surface area contributed by atoms with E-state index in [2.05, 4.69) is 32.7 Å². The van der Waals surface area contributed by atoms with Crippen LogP contribution in [0.4, 0.5) is 0 Å². The number of carbonyl (C=O) groups excluding carboxylic acids is 2. The first-order valence-corrected chi connectivity index (χ1v) is 9.72. The summed E-state index contributed by atoms with van der Waals surface area (Å²) in [5.41, 5.74) is 1.24. The van der Waals surface area contributed by atoms with Crippen LogP contribution < -0.4 is 0 Å². The van der Waals surface area contributed by atoms with Gasteiger partial charge in [0.05, 0.1) is 0 Å². The Morgan fingerprint density at radius 1 is 0.923 bits per heavy atom. The average molecular weight is 357 g/mol. The van der Waals surface area contributed by atoms with Gasteiger partial charge in [0, 0.05) is 37.9 Å². The maximum absolute atomic E-state index is 12.9. The van der Waals surface area contributed by atoms with Gasteiger partial charge >= 0.3 is 0 Å². The maximum Gasteiger partial charge on any atom is 0.272 e. The van der Waals surface area contributed by atoms with Crippen molar-refractivity contribution < 1.29 is 9.59 Å². The number of hydrogen-bond donors (Lipinski definition) is 0. The molecule has 0 radical (unpaired) electrons. The van der Waals surface area contributed by atoms with Crippen molar-refractivity contribution >= 4 is 11.8 Å². The molecule has 0 aliphatic carbocycles. The molecule has 0 spiro atoms. The molecule has 1 aromatic rings. The summed E-state index contributed by atoms with van der Waals surface area (Å²) in [6.45, 7) is 11.8. The summed E-state index contributed by atoms with van der Waals surface area (Å²) < 4.78 is 0. The minimum Gasteiger partial charge on any atom is -0.338 e. The Labute approximate surface area is 156 Å². The smallest absolute Gasteiger partial charge is 0.272 e. The first-order chi connectivity index (χ1) is 12.2. The van der Waals surface area contributed by atoms with E-state index >= 15 is 0 Å². The van der Waals surface area contributed by atoms with Crippen molar-refractivity contribution in [1.82, 2.24) is 14.8 Å². The lowest BCUT2D eigenvalue weighted by Gasteiger charge is -2.38. The predicted molar refractivity (Wildman–Crippen MR) is 102 cm³/mol. The number of piperidine rings is 2. The van der Waals surface area contributed by atoms with Gasteiger partial charge in [-0.2, -0.15) is 0 Å². The lowest BCUT2D eigenvalue weighted by atomic mass is 9.84. The van der Waals surface area contributed by atoms with Crippen LogP contribution in [0.15, 0.2) is 18.3 Å². The van der Waals surface area contributed by atoms with E-state index in [4.69, 9.17) is 0 Å². The van der Waals surface area contributed by atoms with Crippen molar-refractivity contribution in [2.24, 2.45) is 10.8 Å². The normalized spacial score (nSPS) is 22.2. The van der Waals surface area contributed by atoms with Crippen molar-refractivity contribution in [1.29, 1.82) is 0 Å². The third-order valence-corrected chi connectivity index (χ3v) is 5.60. The molecule has 3 rings (SSSR count). The fourth-order valence-corrected chi connectivity index (χ4v) is 4.22. The number of rotatable bonds is 2. The number of nitrogens with zero attached hydrogens (tertiary/aromatic N) is 3. The molecule has 5 heteroatoms. The summed E-state index contributed by atoms with van der Waals surface area (Å²) in [6, 6.07) is 3.40. The van der Waals surface area contributed by atoms with E-state index in [0.29, 0.717) is 11.3 Å².